The van der Waals surface area contributed by atoms with Gasteiger partial charge in [0.25, 0.3) is 5.91 Å². The normalized spacial score (nSPS) is 19.3. The van der Waals surface area contributed by atoms with Gasteiger partial charge in [-0.1, -0.05) is 19.4 Å². The zero-order valence-corrected chi connectivity index (χ0v) is 12.0. The maximum absolute atomic E-state index is 12.5. The molecule has 1 aliphatic rings. The Morgan fingerprint density at radius 3 is 3.00 bits per heavy atom. The van der Waals surface area contributed by atoms with Crippen LogP contribution in [0.2, 0.25) is 0 Å². The van der Waals surface area contributed by atoms with Gasteiger partial charge < -0.3 is 4.90 Å². The standard InChI is InChI=1S/C15H21NOS/c1-3-4-12-7-8-16(10-12)15(17)14-9-13(18)6-5-11(14)2/h5-6,9,12,18H,3-4,7-8,10H2,1-2H3. The average molecular weight is 263 g/mol. The second-order valence-corrected chi connectivity index (χ2v) is 5.71. The number of amides is 1. The van der Waals surface area contributed by atoms with E-state index in [-0.39, 0.29) is 5.91 Å². The third kappa shape index (κ3) is 2.89. The molecule has 0 radical (unpaired) electrons. The van der Waals surface area contributed by atoms with Crippen LogP contribution in [0.3, 0.4) is 0 Å². The van der Waals surface area contributed by atoms with E-state index in [1.54, 1.807) is 0 Å². The number of likely N-dealkylation sites (tertiary alicyclic amines) is 1. The van der Waals surface area contributed by atoms with Crippen LogP contribution >= 0.6 is 12.6 Å². The van der Waals surface area contributed by atoms with E-state index in [0.717, 1.165) is 35.5 Å². The van der Waals surface area contributed by atoms with Crippen LogP contribution in [0, 0.1) is 12.8 Å². The summed E-state index contributed by atoms with van der Waals surface area (Å²) in [6.45, 7) is 6.02. The largest absolute Gasteiger partial charge is 0.338 e. The first-order valence-corrected chi connectivity index (χ1v) is 7.15. The van der Waals surface area contributed by atoms with Crippen LogP contribution in [0.5, 0.6) is 0 Å². The fraction of sp³-hybridized carbons (Fsp3) is 0.533. The van der Waals surface area contributed by atoms with E-state index in [1.807, 2.05) is 30.0 Å². The van der Waals surface area contributed by atoms with Crippen molar-refractivity contribution in [3.8, 4) is 0 Å². The van der Waals surface area contributed by atoms with Gasteiger partial charge in [0.2, 0.25) is 0 Å². The molecule has 0 aliphatic carbocycles. The lowest BCUT2D eigenvalue weighted by atomic mass is 10.0. The van der Waals surface area contributed by atoms with Gasteiger partial charge >= 0.3 is 0 Å². The number of nitrogens with zero attached hydrogens (tertiary/aromatic N) is 1. The summed E-state index contributed by atoms with van der Waals surface area (Å²) in [7, 11) is 0. The first-order valence-electron chi connectivity index (χ1n) is 6.70. The molecule has 1 aromatic rings. The molecule has 1 unspecified atom stereocenters. The monoisotopic (exact) mass is 263 g/mol. The van der Waals surface area contributed by atoms with Gasteiger partial charge in [0.15, 0.2) is 0 Å². The molecule has 1 saturated heterocycles. The van der Waals surface area contributed by atoms with Crippen molar-refractivity contribution in [1.29, 1.82) is 0 Å². The van der Waals surface area contributed by atoms with Crippen LogP contribution in [0.15, 0.2) is 23.1 Å². The van der Waals surface area contributed by atoms with E-state index in [1.165, 1.54) is 12.8 Å². The first kappa shape index (κ1) is 13.5. The highest BCUT2D eigenvalue weighted by Gasteiger charge is 2.26. The van der Waals surface area contributed by atoms with Crippen LogP contribution in [0.1, 0.15) is 42.1 Å². The zero-order chi connectivity index (χ0) is 13.1. The Morgan fingerprint density at radius 2 is 2.28 bits per heavy atom. The van der Waals surface area contributed by atoms with Gasteiger partial charge in [0, 0.05) is 23.5 Å². The van der Waals surface area contributed by atoms with Crippen LogP contribution in [-0.4, -0.2) is 23.9 Å². The van der Waals surface area contributed by atoms with E-state index in [9.17, 15) is 4.79 Å². The van der Waals surface area contributed by atoms with Gasteiger partial charge in [0.1, 0.15) is 0 Å². The lowest BCUT2D eigenvalue weighted by Crippen LogP contribution is -2.29. The van der Waals surface area contributed by atoms with E-state index >= 15 is 0 Å². The van der Waals surface area contributed by atoms with E-state index < -0.39 is 0 Å². The van der Waals surface area contributed by atoms with Gasteiger partial charge in [-0.15, -0.1) is 12.6 Å². The summed E-state index contributed by atoms with van der Waals surface area (Å²) in [4.78, 5) is 15.3. The molecule has 1 heterocycles. The van der Waals surface area contributed by atoms with Crippen molar-refractivity contribution in [3.05, 3.63) is 29.3 Å². The van der Waals surface area contributed by atoms with Gasteiger partial charge in [-0.3, -0.25) is 4.79 Å². The summed E-state index contributed by atoms with van der Waals surface area (Å²) < 4.78 is 0. The highest BCUT2D eigenvalue weighted by Crippen LogP contribution is 2.24. The highest BCUT2D eigenvalue weighted by molar-refractivity contribution is 7.80. The lowest BCUT2D eigenvalue weighted by molar-refractivity contribution is 0.0785. The fourth-order valence-electron chi connectivity index (χ4n) is 2.67. The molecular formula is C15H21NOS. The van der Waals surface area contributed by atoms with Crippen molar-refractivity contribution >= 4 is 18.5 Å². The predicted octanol–water partition coefficient (Wildman–Crippen LogP) is 3.55. The number of rotatable bonds is 3. The van der Waals surface area contributed by atoms with Crippen molar-refractivity contribution in [2.45, 2.75) is 38.0 Å². The van der Waals surface area contributed by atoms with Crippen molar-refractivity contribution in [1.82, 2.24) is 4.90 Å². The summed E-state index contributed by atoms with van der Waals surface area (Å²) in [6, 6.07) is 5.78. The summed E-state index contributed by atoms with van der Waals surface area (Å²) in [6.07, 6.45) is 3.59. The van der Waals surface area contributed by atoms with Crippen LogP contribution in [0.4, 0.5) is 0 Å². The second kappa shape index (κ2) is 5.79. The van der Waals surface area contributed by atoms with E-state index in [0.29, 0.717) is 5.92 Å². The number of hydrogen-bond acceptors (Lipinski definition) is 2. The average Bonchev–Trinajstić information content (AvgIpc) is 2.80. The zero-order valence-electron chi connectivity index (χ0n) is 11.1. The van der Waals surface area contributed by atoms with Gasteiger partial charge in [-0.05, 0) is 43.4 Å². The third-order valence-electron chi connectivity index (χ3n) is 3.72. The molecule has 1 aromatic carbocycles. The molecule has 3 heteroatoms. The number of thiol groups is 1. The van der Waals surface area contributed by atoms with Gasteiger partial charge in [-0.25, -0.2) is 0 Å². The van der Waals surface area contributed by atoms with E-state index in [2.05, 4.69) is 19.6 Å². The Kier molecular flexibility index (Phi) is 4.33. The fourth-order valence-corrected chi connectivity index (χ4v) is 2.88. The number of carbonyl (C=O) groups is 1. The minimum atomic E-state index is 0.169. The summed E-state index contributed by atoms with van der Waals surface area (Å²) in [5.41, 5.74) is 1.84. The Hall–Kier alpha value is -0.960. The van der Waals surface area contributed by atoms with Crippen molar-refractivity contribution in [3.63, 3.8) is 0 Å². The third-order valence-corrected chi connectivity index (χ3v) is 4.00. The molecule has 2 rings (SSSR count). The molecule has 0 spiro atoms. The topological polar surface area (TPSA) is 20.3 Å². The maximum atomic E-state index is 12.5. The molecule has 1 fully saturated rings. The van der Waals surface area contributed by atoms with Gasteiger partial charge in [-0.2, -0.15) is 0 Å². The van der Waals surface area contributed by atoms with Crippen molar-refractivity contribution in [2.75, 3.05) is 13.1 Å². The number of benzene rings is 1. The quantitative estimate of drug-likeness (QED) is 0.827. The molecule has 1 atom stereocenters. The molecule has 1 amide bonds. The Labute approximate surface area is 115 Å². The molecular weight excluding hydrogens is 242 g/mol. The van der Waals surface area contributed by atoms with Crippen LogP contribution in [0.25, 0.3) is 0 Å². The number of carbonyl (C=O) groups excluding carboxylic acids is 1. The summed E-state index contributed by atoms with van der Waals surface area (Å²) >= 11 is 4.32. The Balaban J connectivity index is 2.10. The summed E-state index contributed by atoms with van der Waals surface area (Å²) in [5, 5.41) is 0. The van der Waals surface area contributed by atoms with Crippen molar-refractivity contribution in [2.24, 2.45) is 5.92 Å². The smallest absolute Gasteiger partial charge is 0.254 e. The number of aryl methyl sites for hydroxylation is 1. The molecule has 1 aliphatic heterocycles. The molecule has 18 heavy (non-hydrogen) atoms. The molecule has 0 bridgehead atoms. The molecule has 0 N–H and O–H groups in total. The minimum absolute atomic E-state index is 0.169. The Morgan fingerprint density at radius 1 is 1.50 bits per heavy atom. The SMILES string of the molecule is CCCC1CCN(C(=O)c2cc(S)ccc2C)C1. The molecule has 2 nitrogen and oxygen atoms in total. The maximum Gasteiger partial charge on any atom is 0.254 e. The van der Waals surface area contributed by atoms with Gasteiger partial charge in [0.05, 0.1) is 0 Å². The lowest BCUT2D eigenvalue weighted by Gasteiger charge is -2.18. The first-order chi connectivity index (χ1) is 8.61. The predicted molar refractivity (Wildman–Crippen MR) is 77.3 cm³/mol. The number of hydrogen-bond donors (Lipinski definition) is 1. The van der Waals surface area contributed by atoms with Crippen LogP contribution in [-0.2, 0) is 0 Å². The second-order valence-electron chi connectivity index (χ2n) is 5.19. The minimum Gasteiger partial charge on any atom is -0.338 e. The molecule has 98 valence electrons. The van der Waals surface area contributed by atoms with E-state index in [4.69, 9.17) is 0 Å². The van der Waals surface area contributed by atoms with Crippen molar-refractivity contribution < 1.29 is 4.79 Å². The highest BCUT2D eigenvalue weighted by atomic mass is 32.1. The Bertz CT molecular complexity index is 444. The van der Waals surface area contributed by atoms with Crippen LogP contribution < -0.4 is 0 Å². The molecule has 0 aromatic heterocycles. The molecule has 0 saturated carbocycles. The summed E-state index contributed by atoms with van der Waals surface area (Å²) in [5.74, 6) is 0.862.